The summed E-state index contributed by atoms with van der Waals surface area (Å²) in [5.41, 5.74) is 7.57. The SMILES string of the molecule is Cn1nc(N)cc1-c1cccc(Cl)c1. The highest BCUT2D eigenvalue weighted by molar-refractivity contribution is 6.30. The van der Waals surface area contributed by atoms with Crippen molar-refractivity contribution in [3.8, 4) is 11.3 Å². The van der Waals surface area contributed by atoms with Gasteiger partial charge in [-0.2, -0.15) is 5.10 Å². The molecule has 14 heavy (non-hydrogen) atoms. The number of nitrogen functional groups attached to an aromatic ring is 1. The summed E-state index contributed by atoms with van der Waals surface area (Å²) in [5, 5.41) is 4.78. The first-order valence-corrected chi connectivity index (χ1v) is 4.60. The maximum atomic E-state index is 5.89. The van der Waals surface area contributed by atoms with Crippen molar-refractivity contribution in [1.82, 2.24) is 9.78 Å². The average Bonchev–Trinajstić information content (AvgIpc) is 2.45. The van der Waals surface area contributed by atoms with Crippen molar-refractivity contribution in [2.24, 2.45) is 7.05 Å². The van der Waals surface area contributed by atoms with Gasteiger partial charge in [0, 0.05) is 23.7 Å². The van der Waals surface area contributed by atoms with E-state index < -0.39 is 0 Å². The van der Waals surface area contributed by atoms with Gasteiger partial charge in [-0.15, -0.1) is 0 Å². The van der Waals surface area contributed by atoms with Crippen LogP contribution in [-0.4, -0.2) is 9.78 Å². The van der Waals surface area contributed by atoms with Crippen LogP contribution in [-0.2, 0) is 7.05 Å². The van der Waals surface area contributed by atoms with Crippen LogP contribution in [0, 0.1) is 0 Å². The van der Waals surface area contributed by atoms with E-state index >= 15 is 0 Å². The third-order valence-corrected chi connectivity index (χ3v) is 2.25. The first-order chi connectivity index (χ1) is 6.66. The van der Waals surface area contributed by atoms with Gasteiger partial charge in [-0.1, -0.05) is 23.7 Å². The second-order valence-electron chi connectivity index (χ2n) is 3.09. The van der Waals surface area contributed by atoms with E-state index in [9.17, 15) is 0 Å². The van der Waals surface area contributed by atoms with E-state index in [1.54, 1.807) is 4.68 Å². The number of anilines is 1. The molecule has 0 saturated carbocycles. The van der Waals surface area contributed by atoms with Gasteiger partial charge in [-0.05, 0) is 12.1 Å². The van der Waals surface area contributed by atoms with E-state index in [1.807, 2.05) is 37.4 Å². The van der Waals surface area contributed by atoms with Gasteiger partial charge >= 0.3 is 0 Å². The molecule has 4 heteroatoms. The Labute approximate surface area is 87.1 Å². The molecular weight excluding hydrogens is 198 g/mol. The van der Waals surface area contributed by atoms with Crippen LogP contribution >= 0.6 is 11.6 Å². The molecule has 2 rings (SSSR count). The third-order valence-electron chi connectivity index (χ3n) is 2.02. The fraction of sp³-hybridized carbons (Fsp3) is 0.100. The second-order valence-corrected chi connectivity index (χ2v) is 3.52. The minimum atomic E-state index is 0.516. The molecule has 0 fully saturated rings. The summed E-state index contributed by atoms with van der Waals surface area (Å²) in [7, 11) is 1.85. The van der Waals surface area contributed by atoms with Crippen molar-refractivity contribution >= 4 is 17.4 Å². The molecule has 2 N–H and O–H groups in total. The summed E-state index contributed by atoms with van der Waals surface area (Å²) in [6.45, 7) is 0. The number of aromatic nitrogens is 2. The molecular formula is C10H10ClN3. The molecule has 0 spiro atoms. The van der Waals surface area contributed by atoms with Gasteiger partial charge in [0.1, 0.15) is 5.82 Å². The number of benzene rings is 1. The molecule has 0 aliphatic heterocycles. The van der Waals surface area contributed by atoms with Crippen molar-refractivity contribution in [2.75, 3.05) is 5.73 Å². The summed E-state index contributed by atoms with van der Waals surface area (Å²) in [6, 6.07) is 9.43. The topological polar surface area (TPSA) is 43.8 Å². The summed E-state index contributed by atoms with van der Waals surface area (Å²) < 4.78 is 1.74. The second kappa shape index (κ2) is 3.35. The van der Waals surface area contributed by atoms with Crippen molar-refractivity contribution in [1.29, 1.82) is 0 Å². The van der Waals surface area contributed by atoms with Gasteiger partial charge in [0.05, 0.1) is 5.69 Å². The van der Waals surface area contributed by atoms with Crippen molar-refractivity contribution in [3.05, 3.63) is 35.4 Å². The zero-order chi connectivity index (χ0) is 10.1. The molecule has 1 aromatic heterocycles. The average molecular weight is 208 g/mol. The Balaban J connectivity index is 2.54. The maximum absolute atomic E-state index is 5.89. The van der Waals surface area contributed by atoms with Crippen LogP contribution in [0.3, 0.4) is 0 Å². The first kappa shape index (κ1) is 9.09. The van der Waals surface area contributed by atoms with Gasteiger partial charge in [0.25, 0.3) is 0 Å². The van der Waals surface area contributed by atoms with E-state index in [-0.39, 0.29) is 0 Å². The van der Waals surface area contributed by atoms with E-state index in [0.29, 0.717) is 10.8 Å². The summed E-state index contributed by atoms with van der Waals surface area (Å²) in [5.74, 6) is 0.516. The van der Waals surface area contributed by atoms with Crippen LogP contribution in [0.5, 0.6) is 0 Å². The summed E-state index contributed by atoms with van der Waals surface area (Å²) >= 11 is 5.89. The molecule has 1 aromatic carbocycles. The van der Waals surface area contributed by atoms with Crippen molar-refractivity contribution in [2.45, 2.75) is 0 Å². The van der Waals surface area contributed by atoms with E-state index in [2.05, 4.69) is 5.10 Å². The first-order valence-electron chi connectivity index (χ1n) is 4.22. The van der Waals surface area contributed by atoms with Crippen LogP contribution in [0.4, 0.5) is 5.82 Å². The lowest BCUT2D eigenvalue weighted by Gasteiger charge is -2.01. The van der Waals surface area contributed by atoms with Gasteiger partial charge in [0.2, 0.25) is 0 Å². The molecule has 0 radical (unpaired) electrons. The lowest BCUT2D eigenvalue weighted by atomic mass is 10.1. The number of hydrogen-bond donors (Lipinski definition) is 1. The Hall–Kier alpha value is -1.48. The highest BCUT2D eigenvalue weighted by atomic mass is 35.5. The van der Waals surface area contributed by atoms with Gasteiger partial charge in [-0.3, -0.25) is 4.68 Å². The van der Waals surface area contributed by atoms with E-state index in [0.717, 1.165) is 11.3 Å². The van der Waals surface area contributed by atoms with Crippen LogP contribution in [0.1, 0.15) is 0 Å². The Morgan fingerprint density at radius 2 is 2.14 bits per heavy atom. The lowest BCUT2D eigenvalue weighted by Crippen LogP contribution is -1.94. The molecule has 0 aliphatic carbocycles. The van der Waals surface area contributed by atoms with Gasteiger partial charge in [0.15, 0.2) is 0 Å². The Morgan fingerprint density at radius 3 is 2.71 bits per heavy atom. The van der Waals surface area contributed by atoms with Crippen LogP contribution in [0.15, 0.2) is 30.3 Å². The number of halogens is 1. The minimum absolute atomic E-state index is 0.516. The number of hydrogen-bond acceptors (Lipinski definition) is 2. The highest BCUT2D eigenvalue weighted by Crippen LogP contribution is 2.23. The molecule has 1 heterocycles. The molecule has 0 bridgehead atoms. The fourth-order valence-corrected chi connectivity index (χ4v) is 1.60. The quantitative estimate of drug-likeness (QED) is 0.780. The Kier molecular flexibility index (Phi) is 2.17. The largest absolute Gasteiger partial charge is 0.382 e. The number of nitrogens with zero attached hydrogens (tertiary/aromatic N) is 2. The van der Waals surface area contributed by atoms with Gasteiger partial charge in [-0.25, -0.2) is 0 Å². The molecule has 0 unspecified atom stereocenters. The molecule has 0 saturated heterocycles. The normalized spacial score (nSPS) is 10.4. The van der Waals surface area contributed by atoms with Crippen LogP contribution in [0.2, 0.25) is 5.02 Å². The fourth-order valence-electron chi connectivity index (χ4n) is 1.41. The van der Waals surface area contributed by atoms with Crippen LogP contribution < -0.4 is 5.73 Å². The molecule has 0 aliphatic rings. The number of rotatable bonds is 1. The Bertz CT molecular complexity index is 462. The molecule has 0 amide bonds. The smallest absolute Gasteiger partial charge is 0.146 e. The lowest BCUT2D eigenvalue weighted by molar-refractivity contribution is 0.780. The highest BCUT2D eigenvalue weighted by Gasteiger charge is 2.04. The molecule has 2 aromatic rings. The Morgan fingerprint density at radius 1 is 1.36 bits per heavy atom. The summed E-state index contributed by atoms with van der Waals surface area (Å²) in [4.78, 5) is 0. The summed E-state index contributed by atoms with van der Waals surface area (Å²) in [6.07, 6.45) is 0. The van der Waals surface area contributed by atoms with Crippen LogP contribution in [0.25, 0.3) is 11.3 Å². The monoisotopic (exact) mass is 207 g/mol. The number of aryl methyl sites for hydroxylation is 1. The molecule has 0 atom stereocenters. The van der Waals surface area contributed by atoms with E-state index in [1.165, 1.54) is 0 Å². The van der Waals surface area contributed by atoms with Gasteiger partial charge < -0.3 is 5.73 Å². The minimum Gasteiger partial charge on any atom is -0.382 e. The number of nitrogens with two attached hydrogens (primary N) is 1. The maximum Gasteiger partial charge on any atom is 0.146 e. The standard InChI is InChI=1S/C10H10ClN3/c1-14-9(6-10(12)13-14)7-3-2-4-8(11)5-7/h2-6H,1H3,(H2,12,13). The molecule has 72 valence electrons. The van der Waals surface area contributed by atoms with Crippen molar-refractivity contribution in [3.63, 3.8) is 0 Å². The molecule has 3 nitrogen and oxygen atoms in total. The van der Waals surface area contributed by atoms with Crippen molar-refractivity contribution < 1.29 is 0 Å². The predicted molar refractivity (Wildman–Crippen MR) is 58.1 cm³/mol. The zero-order valence-electron chi connectivity index (χ0n) is 7.74. The third kappa shape index (κ3) is 1.59. The van der Waals surface area contributed by atoms with E-state index in [4.69, 9.17) is 17.3 Å². The zero-order valence-corrected chi connectivity index (χ0v) is 8.49. The predicted octanol–water partition coefficient (Wildman–Crippen LogP) is 2.32.